The van der Waals surface area contributed by atoms with Crippen molar-refractivity contribution in [2.24, 2.45) is 5.10 Å². The van der Waals surface area contributed by atoms with Gasteiger partial charge in [0.1, 0.15) is 0 Å². The number of rotatable bonds is 7. The molecule has 0 bridgehead atoms. The summed E-state index contributed by atoms with van der Waals surface area (Å²) in [6.07, 6.45) is 0.890. The molecule has 0 aromatic heterocycles. The molecular formula is C16H15N5O6. The summed E-state index contributed by atoms with van der Waals surface area (Å²) in [5.41, 5.74) is 2.18. The highest BCUT2D eigenvalue weighted by atomic mass is 16.6. The topological polar surface area (TPSA) is 160 Å². The van der Waals surface area contributed by atoms with Crippen molar-refractivity contribution in [3.63, 3.8) is 0 Å². The monoisotopic (exact) mass is 373 g/mol. The molecule has 0 aliphatic rings. The summed E-state index contributed by atoms with van der Waals surface area (Å²) in [5.74, 6) is -1.31. The number of aromatic hydroxyl groups is 1. The predicted molar refractivity (Wildman–Crippen MR) is 96.8 cm³/mol. The number of nitrogens with zero attached hydrogens (tertiary/aromatic N) is 3. The van der Waals surface area contributed by atoms with Crippen LogP contribution in [0.25, 0.3) is 0 Å². The first-order valence-electron chi connectivity index (χ1n) is 7.56. The van der Waals surface area contributed by atoms with Crippen molar-refractivity contribution in [1.29, 1.82) is 0 Å². The highest BCUT2D eigenvalue weighted by molar-refractivity contribution is 5.88. The number of phenolic OH excluding ortho intramolecular Hbond substituents is 1. The van der Waals surface area contributed by atoms with Gasteiger partial charge in [-0.1, -0.05) is 18.2 Å². The van der Waals surface area contributed by atoms with Gasteiger partial charge < -0.3 is 10.4 Å². The van der Waals surface area contributed by atoms with Crippen molar-refractivity contribution >= 4 is 29.2 Å². The Labute approximate surface area is 152 Å². The molecule has 3 N–H and O–H groups in total. The predicted octanol–water partition coefficient (Wildman–Crippen LogP) is 2.08. The van der Waals surface area contributed by atoms with Crippen LogP contribution >= 0.6 is 0 Å². The number of non-ortho nitro benzene ring substituents is 1. The van der Waals surface area contributed by atoms with E-state index in [4.69, 9.17) is 0 Å². The number of benzene rings is 2. The second-order valence-corrected chi connectivity index (χ2v) is 5.38. The maximum Gasteiger partial charge on any atom is 0.318 e. The molecule has 2 aromatic rings. The van der Waals surface area contributed by atoms with Gasteiger partial charge in [0.25, 0.3) is 11.6 Å². The lowest BCUT2D eigenvalue weighted by molar-refractivity contribution is -0.394. The summed E-state index contributed by atoms with van der Waals surface area (Å²) >= 11 is 0. The van der Waals surface area contributed by atoms with Crippen LogP contribution in [-0.2, 0) is 4.79 Å². The number of para-hydroxylation sites is 1. The summed E-state index contributed by atoms with van der Waals surface area (Å²) in [7, 11) is 0. The van der Waals surface area contributed by atoms with Crippen molar-refractivity contribution in [3.05, 3.63) is 67.8 Å². The number of nitro benzene ring substituents is 2. The van der Waals surface area contributed by atoms with Crippen molar-refractivity contribution in [2.45, 2.75) is 6.92 Å². The van der Waals surface area contributed by atoms with E-state index in [-0.39, 0.29) is 12.1 Å². The van der Waals surface area contributed by atoms with Crippen LogP contribution in [0.2, 0.25) is 0 Å². The molecule has 0 saturated heterocycles. The molecule has 1 amide bonds. The van der Waals surface area contributed by atoms with E-state index in [9.17, 15) is 30.1 Å². The minimum atomic E-state index is -0.954. The Morgan fingerprint density at radius 1 is 1.22 bits per heavy atom. The number of hydrogen-bond donors (Lipinski definition) is 3. The zero-order valence-electron chi connectivity index (χ0n) is 14.1. The van der Waals surface area contributed by atoms with Crippen LogP contribution < -0.4 is 10.7 Å². The lowest BCUT2D eigenvalue weighted by Gasteiger charge is -2.07. The van der Waals surface area contributed by atoms with Crippen LogP contribution in [0.15, 0.2) is 41.5 Å². The van der Waals surface area contributed by atoms with E-state index < -0.39 is 32.9 Å². The van der Waals surface area contributed by atoms with E-state index in [1.165, 1.54) is 0 Å². The molecule has 140 valence electrons. The molecular weight excluding hydrogens is 358 g/mol. The molecule has 11 heteroatoms. The van der Waals surface area contributed by atoms with Crippen molar-refractivity contribution < 1.29 is 19.7 Å². The number of carbonyl (C=O) groups is 1. The molecule has 0 fully saturated rings. The maximum absolute atomic E-state index is 11.8. The molecule has 11 nitrogen and oxygen atoms in total. The molecule has 27 heavy (non-hydrogen) atoms. The van der Waals surface area contributed by atoms with Gasteiger partial charge in [0.05, 0.1) is 34.2 Å². The number of nitro groups is 2. The van der Waals surface area contributed by atoms with E-state index in [2.05, 4.69) is 15.8 Å². The van der Waals surface area contributed by atoms with Crippen LogP contribution in [0.5, 0.6) is 5.75 Å². The van der Waals surface area contributed by atoms with Gasteiger partial charge >= 0.3 is 5.69 Å². The number of phenols is 1. The van der Waals surface area contributed by atoms with E-state index >= 15 is 0 Å². The van der Waals surface area contributed by atoms with Gasteiger partial charge in [-0.25, -0.2) is 5.43 Å². The van der Waals surface area contributed by atoms with Crippen LogP contribution in [0.3, 0.4) is 0 Å². The zero-order valence-corrected chi connectivity index (χ0v) is 14.1. The third kappa shape index (κ3) is 4.98. The molecule has 0 unspecified atom stereocenters. The summed E-state index contributed by atoms with van der Waals surface area (Å²) in [4.78, 5) is 31.7. The molecule has 0 radical (unpaired) electrons. The first kappa shape index (κ1) is 19.3. The Kier molecular flexibility index (Phi) is 5.99. The molecule has 0 aliphatic heterocycles. The third-order valence-electron chi connectivity index (χ3n) is 3.49. The lowest BCUT2D eigenvalue weighted by Crippen LogP contribution is -2.26. The first-order chi connectivity index (χ1) is 12.8. The van der Waals surface area contributed by atoms with Crippen LogP contribution in [0.1, 0.15) is 11.1 Å². The average molecular weight is 373 g/mol. The fourth-order valence-corrected chi connectivity index (χ4v) is 2.13. The van der Waals surface area contributed by atoms with Gasteiger partial charge in [-0.05, 0) is 18.6 Å². The highest BCUT2D eigenvalue weighted by Gasteiger charge is 2.23. The quantitative estimate of drug-likeness (QED) is 0.380. The maximum atomic E-state index is 11.8. The number of anilines is 1. The second kappa shape index (κ2) is 8.38. The zero-order chi connectivity index (χ0) is 20.0. The third-order valence-corrected chi connectivity index (χ3v) is 3.49. The van der Waals surface area contributed by atoms with Gasteiger partial charge in [0, 0.05) is 11.8 Å². The summed E-state index contributed by atoms with van der Waals surface area (Å²) in [6, 6.07) is 8.88. The molecule has 0 spiro atoms. The number of nitrogens with one attached hydrogen (secondary N) is 2. The number of aryl methyl sites for hydroxylation is 1. The fraction of sp³-hybridized carbons (Fsp3) is 0.125. The summed E-state index contributed by atoms with van der Waals surface area (Å²) < 4.78 is 0. The van der Waals surface area contributed by atoms with Gasteiger partial charge in [-0.2, -0.15) is 5.10 Å². The Hall–Kier alpha value is -4.02. The lowest BCUT2D eigenvalue weighted by atomic mass is 10.1. The number of carbonyl (C=O) groups excluding carboxylic acids is 1. The van der Waals surface area contributed by atoms with Gasteiger partial charge in [-0.15, -0.1) is 0 Å². The Bertz CT molecular complexity index is 928. The first-order valence-corrected chi connectivity index (χ1v) is 7.56. The van der Waals surface area contributed by atoms with Crippen molar-refractivity contribution in [1.82, 2.24) is 5.43 Å². The average Bonchev–Trinajstić information content (AvgIpc) is 2.62. The fourth-order valence-electron chi connectivity index (χ4n) is 2.13. The van der Waals surface area contributed by atoms with E-state index in [0.717, 1.165) is 23.5 Å². The van der Waals surface area contributed by atoms with Gasteiger partial charge in [0.2, 0.25) is 5.75 Å². The largest absolute Gasteiger partial charge is 0.502 e. The molecule has 0 saturated carbocycles. The normalized spacial score (nSPS) is 10.6. The van der Waals surface area contributed by atoms with Crippen LogP contribution in [0.4, 0.5) is 17.1 Å². The Morgan fingerprint density at radius 2 is 1.93 bits per heavy atom. The van der Waals surface area contributed by atoms with E-state index in [1.54, 1.807) is 6.07 Å². The number of hydrogen-bond acceptors (Lipinski definition) is 8. The molecule has 0 atom stereocenters. The summed E-state index contributed by atoms with van der Waals surface area (Å²) in [6.45, 7) is 1.78. The van der Waals surface area contributed by atoms with E-state index in [0.29, 0.717) is 6.07 Å². The SMILES string of the molecule is Cc1ccccc1NCC(=O)NN=Cc1cc([N+](=O)[O-])cc([N+](=O)[O-])c1O. The second-order valence-electron chi connectivity index (χ2n) is 5.38. The summed E-state index contributed by atoms with van der Waals surface area (Å²) in [5, 5.41) is 38.0. The van der Waals surface area contributed by atoms with Crippen LogP contribution in [-0.4, -0.2) is 33.6 Å². The Morgan fingerprint density at radius 3 is 2.56 bits per heavy atom. The Balaban J connectivity index is 2.07. The minimum absolute atomic E-state index is 0.0940. The van der Waals surface area contributed by atoms with E-state index in [1.807, 2.05) is 25.1 Å². The molecule has 2 rings (SSSR count). The van der Waals surface area contributed by atoms with Crippen LogP contribution in [0, 0.1) is 27.2 Å². The van der Waals surface area contributed by atoms with Gasteiger partial charge in [-0.3, -0.25) is 25.0 Å². The van der Waals surface area contributed by atoms with Crippen molar-refractivity contribution in [2.75, 3.05) is 11.9 Å². The number of hydrazone groups is 1. The molecule has 0 heterocycles. The minimum Gasteiger partial charge on any atom is -0.502 e. The standard InChI is InChI=1S/C16H15N5O6/c1-10-4-2-3-5-13(10)17-9-15(22)19-18-8-11-6-12(20(24)25)7-14(16(11)23)21(26)27/h2-8,17,23H,9H2,1H3,(H,19,22). The molecule has 2 aromatic carbocycles. The smallest absolute Gasteiger partial charge is 0.318 e. The van der Waals surface area contributed by atoms with Gasteiger partial charge in [0.15, 0.2) is 0 Å². The highest BCUT2D eigenvalue weighted by Crippen LogP contribution is 2.33. The number of amides is 1. The molecule has 0 aliphatic carbocycles. The van der Waals surface area contributed by atoms with Crippen molar-refractivity contribution in [3.8, 4) is 5.75 Å².